The van der Waals surface area contributed by atoms with Crippen molar-refractivity contribution >= 4 is 50.8 Å². The first-order valence-electron chi connectivity index (χ1n) is 18.3. The Labute approximate surface area is 329 Å². The van der Waals surface area contributed by atoms with Crippen LogP contribution in [0.5, 0.6) is 0 Å². The van der Waals surface area contributed by atoms with Crippen molar-refractivity contribution in [2.24, 2.45) is 5.92 Å². The molecule has 7 heteroatoms. The van der Waals surface area contributed by atoms with Gasteiger partial charge in [0.1, 0.15) is 0 Å². The number of hydrogen-bond donors (Lipinski definition) is 0. The number of nitrogens with zero attached hydrogens (tertiary/aromatic N) is 4. The van der Waals surface area contributed by atoms with Crippen LogP contribution in [0, 0.1) is 31.9 Å². The summed E-state index contributed by atoms with van der Waals surface area (Å²) in [6, 6.07) is 39.8. The van der Waals surface area contributed by atoms with Crippen LogP contribution < -0.4 is 4.40 Å². The first-order chi connectivity index (χ1) is 25.0. The van der Waals surface area contributed by atoms with Gasteiger partial charge < -0.3 is 8.98 Å². The van der Waals surface area contributed by atoms with Crippen LogP contribution in [-0.2, 0) is 33.1 Å². The maximum absolute atomic E-state index is 6.38. The minimum Gasteiger partial charge on any atom is -0.486 e. The molecule has 0 saturated heterocycles. The van der Waals surface area contributed by atoms with Gasteiger partial charge in [-0.3, -0.25) is 4.98 Å². The van der Waals surface area contributed by atoms with E-state index in [1.165, 1.54) is 16.7 Å². The molecule has 271 valence electrons. The summed E-state index contributed by atoms with van der Waals surface area (Å²) in [5.74, 6) is 8.86. The van der Waals surface area contributed by atoms with Crippen LogP contribution in [0.4, 0.5) is 0 Å². The fourth-order valence-corrected chi connectivity index (χ4v) is 10.5. The molecule has 0 unspecified atom stereocenters. The topological polar surface area (TPSA) is 56.7 Å². The van der Waals surface area contributed by atoms with E-state index >= 15 is 0 Å². The first-order valence-corrected chi connectivity index (χ1v) is 25.6. The largest absolute Gasteiger partial charge is 0.486 e. The zero-order valence-corrected chi connectivity index (χ0v) is 36.3. The monoisotopic (exact) mass is 937 g/mol. The summed E-state index contributed by atoms with van der Waals surface area (Å²) in [7, 11) is 0. The van der Waals surface area contributed by atoms with Crippen LogP contribution in [-0.4, -0.2) is 32.8 Å². The van der Waals surface area contributed by atoms with Gasteiger partial charge in [-0.1, -0.05) is 41.3 Å². The number of benzene rings is 4. The fraction of sp³-hybridized carbons (Fsp3) is 0.239. The molecule has 4 heterocycles. The molecule has 1 radical (unpaired) electrons. The van der Waals surface area contributed by atoms with Gasteiger partial charge in [-0.15, -0.1) is 18.2 Å². The number of hydrogen-bond acceptors (Lipinski definition) is 4. The molecule has 8 rings (SSSR count). The molecule has 0 saturated carbocycles. The number of pyridine rings is 2. The third kappa shape index (κ3) is 7.82. The summed E-state index contributed by atoms with van der Waals surface area (Å²) >= 11 is -1.86. The van der Waals surface area contributed by atoms with E-state index in [-0.39, 0.29) is 20.1 Å². The molecule has 0 aliphatic carbocycles. The van der Waals surface area contributed by atoms with Crippen molar-refractivity contribution < 1.29 is 24.5 Å². The second-order valence-corrected chi connectivity index (χ2v) is 25.6. The first kappa shape index (κ1) is 38.4. The van der Waals surface area contributed by atoms with E-state index in [1.807, 2.05) is 48.5 Å². The molecule has 0 bridgehead atoms. The van der Waals surface area contributed by atoms with Gasteiger partial charge in [0.15, 0.2) is 0 Å². The fourth-order valence-electron chi connectivity index (χ4n) is 7.21. The maximum atomic E-state index is 6.38. The van der Waals surface area contributed by atoms with E-state index in [0.717, 1.165) is 74.3 Å². The molecule has 0 fully saturated rings. The molecule has 0 spiro atoms. The molecule has 0 amide bonds. The summed E-state index contributed by atoms with van der Waals surface area (Å²) in [6.45, 7) is 11.8. The van der Waals surface area contributed by atoms with Crippen LogP contribution in [0.15, 0.2) is 108 Å². The standard InChI is InChI=1S/C28H22N3O.C18H24GeN.Ir/c1-4-31-24-14-6-5-13-22(24)29-27(31)21-12-8-11-19-20-15-16-23(30-28(20)32-26(19)21)25-17(2)9-7-10-18(25)3;1-14(2)11-16-12-18(15-9-7-6-8-10-15)20-13-17(16)19(3,4)5;/h5-11,13-16H,4H2,1-3H3;6-9,12-14H,11H2,1-5H3;/q2*-1;. The number of aryl methyl sites for hydroxylation is 3. The molecular weight excluding hydrogens is 889 g/mol. The van der Waals surface area contributed by atoms with Crippen molar-refractivity contribution in [1.29, 1.82) is 0 Å². The Hall–Kier alpha value is -4.36. The van der Waals surface area contributed by atoms with Crippen LogP contribution >= 0.6 is 0 Å². The molecule has 0 atom stereocenters. The van der Waals surface area contributed by atoms with Crippen LogP contribution in [0.1, 0.15) is 37.5 Å². The summed E-state index contributed by atoms with van der Waals surface area (Å²) in [4.78, 5) is 14.5. The molecule has 0 aliphatic rings. The van der Waals surface area contributed by atoms with Gasteiger partial charge in [0.2, 0.25) is 5.71 Å². The summed E-state index contributed by atoms with van der Waals surface area (Å²) in [5, 5.41) is 2.04. The minimum atomic E-state index is -1.86. The normalized spacial score (nSPS) is 11.6. The molecule has 53 heavy (non-hydrogen) atoms. The zero-order chi connectivity index (χ0) is 36.6. The van der Waals surface area contributed by atoms with Crippen LogP contribution in [0.2, 0.25) is 17.3 Å². The second kappa shape index (κ2) is 15.9. The number of furan rings is 1. The zero-order valence-electron chi connectivity index (χ0n) is 31.8. The number of rotatable bonds is 7. The van der Waals surface area contributed by atoms with Gasteiger partial charge in [0.05, 0.1) is 28.1 Å². The van der Waals surface area contributed by atoms with Gasteiger partial charge in [0, 0.05) is 37.6 Å². The van der Waals surface area contributed by atoms with E-state index in [0.29, 0.717) is 11.6 Å². The quantitative estimate of drug-likeness (QED) is 0.118. The maximum Gasteiger partial charge on any atom is 0.216 e. The van der Waals surface area contributed by atoms with Crippen molar-refractivity contribution in [2.45, 2.75) is 64.9 Å². The molecule has 8 aromatic rings. The average molecular weight is 936 g/mol. The van der Waals surface area contributed by atoms with Crippen LogP contribution in [0.3, 0.4) is 0 Å². The predicted molar refractivity (Wildman–Crippen MR) is 220 cm³/mol. The summed E-state index contributed by atoms with van der Waals surface area (Å²) in [5.41, 5.74) is 12.5. The third-order valence-corrected chi connectivity index (χ3v) is 14.0. The molecular formula is C46H46GeIrN4O-2. The van der Waals surface area contributed by atoms with Crippen molar-refractivity contribution in [3.05, 3.63) is 132 Å². The smallest absolute Gasteiger partial charge is 0.216 e. The Bertz CT molecular complexity index is 2510. The molecule has 4 aromatic carbocycles. The molecule has 5 nitrogen and oxygen atoms in total. The molecule has 0 aliphatic heterocycles. The Morgan fingerprint density at radius 1 is 0.792 bits per heavy atom. The van der Waals surface area contributed by atoms with E-state index < -0.39 is 13.3 Å². The van der Waals surface area contributed by atoms with Crippen molar-refractivity contribution in [3.8, 4) is 33.9 Å². The number of fused-ring (bicyclic) bond motifs is 4. The van der Waals surface area contributed by atoms with E-state index in [1.54, 1.807) is 4.40 Å². The van der Waals surface area contributed by atoms with E-state index in [4.69, 9.17) is 19.4 Å². The summed E-state index contributed by atoms with van der Waals surface area (Å²) < 4.78 is 10.1. The van der Waals surface area contributed by atoms with Crippen LogP contribution in [0.25, 0.3) is 67.0 Å². The van der Waals surface area contributed by atoms with Crippen molar-refractivity contribution in [3.63, 3.8) is 0 Å². The van der Waals surface area contributed by atoms with Gasteiger partial charge in [-0.2, -0.15) is 0 Å². The Morgan fingerprint density at radius 2 is 1.55 bits per heavy atom. The van der Waals surface area contributed by atoms with Crippen molar-refractivity contribution in [2.75, 3.05) is 0 Å². The third-order valence-electron chi connectivity index (χ3n) is 9.64. The van der Waals surface area contributed by atoms with E-state index in [9.17, 15) is 0 Å². The second-order valence-electron chi connectivity index (χ2n) is 15.0. The number of para-hydroxylation sites is 2. The average Bonchev–Trinajstić information content (AvgIpc) is 3.69. The molecule has 4 aromatic heterocycles. The molecule has 0 N–H and O–H groups in total. The van der Waals surface area contributed by atoms with Gasteiger partial charge in [-0.25, -0.2) is 4.98 Å². The number of imidazole rings is 1. The minimum absolute atomic E-state index is 0. The number of aromatic nitrogens is 4. The Balaban J connectivity index is 0.000000199. The summed E-state index contributed by atoms with van der Waals surface area (Å²) in [6.07, 6.45) is 3.27. The van der Waals surface area contributed by atoms with Gasteiger partial charge in [-0.05, 0) is 56.2 Å². The predicted octanol–water partition coefficient (Wildman–Crippen LogP) is 11.4. The SMILES string of the molecule is CC(C)Cc1cc(-c2[c-]cccc2)nc[c]1[Ge]([CH3])([CH3])[CH3].CCn1c(-c2[c-]ccc3c2oc2nc(-c4c(C)cccc4C)ccc23)nc2ccccc21.[Ir]. The van der Waals surface area contributed by atoms with E-state index in [2.05, 4.69) is 123 Å². The Morgan fingerprint density at radius 3 is 2.25 bits per heavy atom. The Kier molecular flexibility index (Phi) is 11.5. The van der Waals surface area contributed by atoms with Crippen molar-refractivity contribution in [1.82, 2.24) is 19.5 Å². The van der Waals surface area contributed by atoms with Gasteiger partial charge in [0.25, 0.3) is 0 Å². The van der Waals surface area contributed by atoms with Gasteiger partial charge >= 0.3 is 126 Å².